The number of carbonyl (C=O) groups excluding carboxylic acids is 1. The Morgan fingerprint density at radius 3 is 2.32 bits per heavy atom. The fourth-order valence-electron chi connectivity index (χ4n) is 4.30. The zero-order valence-electron chi connectivity index (χ0n) is 18.4. The molecule has 0 spiro atoms. The molecular weight excluding hydrogens is 457 g/mol. The van der Waals surface area contributed by atoms with E-state index >= 15 is 0 Å². The fourth-order valence-corrected chi connectivity index (χ4v) is 4.42. The van der Waals surface area contributed by atoms with Crippen LogP contribution in [0.3, 0.4) is 0 Å². The van der Waals surface area contributed by atoms with Gasteiger partial charge in [-0.1, -0.05) is 23.7 Å². The van der Waals surface area contributed by atoms with Gasteiger partial charge in [0.2, 0.25) is 5.91 Å². The quantitative estimate of drug-likeness (QED) is 0.421. The van der Waals surface area contributed by atoms with Crippen molar-refractivity contribution in [2.75, 3.05) is 13.1 Å². The van der Waals surface area contributed by atoms with Crippen LogP contribution >= 0.6 is 11.6 Å². The zero-order valence-corrected chi connectivity index (χ0v) is 19.1. The molecule has 0 saturated carbocycles. The minimum absolute atomic E-state index is 0.0506. The van der Waals surface area contributed by atoms with Crippen LogP contribution in [0.5, 0.6) is 0 Å². The van der Waals surface area contributed by atoms with Gasteiger partial charge < -0.3 is 4.90 Å². The number of rotatable bonds is 6. The van der Waals surface area contributed by atoms with Gasteiger partial charge >= 0.3 is 0 Å². The molecule has 2 aromatic heterocycles. The predicted molar refractivity (Wildman–Crippen MR) is 124 cm³/mol. The molecule has 0 unspecified atom stereocenters. The Balaban J connectivity index is 1.33. The van der Waals surface area contributed by atoms with Gasteiger partial charge in [-0.3, -0.25) is 9.36 Å². The molecule has 1 amide bonds. The van der Waals surface area contributed by atoms with Crippen LogP contribution in [0.2, 0.25) is 5.02 Å². The SMILES string of the molecule is O=C(Cc1ccc(F)cc1)N1CCC(c2nnc(Cn3nccn3)n2-c2ccc(Cl)cc2)CC1. The summed E-state index contributed by atoms with van der Waals surface area (Å²) in [6.45, 7) is 1.65. The molecular formula is C24H23ClFN7O. The third-order valence-electron chi connectivity index (χ3n) is 6.07. The van der Waals surface area contributed by atoms with E-state index in [0.717, 1.165) is 35.7 Å². The molecule has 4 aromatic rings. The minimum Gasteiger partial charge on any atom is -0.342 e. The van der Waals surface area contributed by atoms with Crippen LogP contribution in [-0.4, -0.2) is 53.7 Å². The van der Waals surface area contributed by atoms with Crippen LogP contribution in [-0.2, 0) is 17.8 Å². The molecule has 0 N–H and O–H groups in total. The lowest BCUT2D eigenvalue weighted by atomic mass is 9.95. The molecule has 10 heteroatoms. The van der Waals surface area contributed by atoms with Crippen molar-refractivity contribution in [3.05, 3.63) is 89.0 Å². The van der Waals surface area contributed by atoms with Crippen molar-refractivity contribution in [3.8, 4) is 5.69 Å². The number of hydrogen-bond donors (Lipinski definition) is 0. The maximum atomic E-state index is 13.1. The number of benzene rings is 2. The maximum Gasteiger partial charge on any atom is 0.226 e. The van der Waals surface area contributed by atoms with Gasteiger partial charge in [0.1, 0.15) is 18.2 Å². The Morgan fingerprint density at radius 1 is 0.971 bits per heavy atom. The molecule has 3 heterocycles. The summed E-state index contributed by atoms with van der Waals surface area (Å²) in [5.74, 6) is 1.48. The van der Waals surface area contributed by atoms with Crippen molar-refractivity contribution < 1.29 is 9.18 Å². The number of nitrogens with zero attached hydrogens (tertiary/aromatic N) is 7. The summed E-state index contributed by atoms with van der Waals surface area (Å²) in [6, 6.07) is 13.6. The molecule has 1 aliphatic heterocycles. The number of likely N-dealkylation sites (tertiary alicyclic amines) is 1. The lowest BCUT2D eigenvalue weighted by Crippen LogP contribution is -2.39. The van der Waals surface area contributed by atoms with Crippen molar-refractivity contribution in [1.82, 2.24) is 34.7 Å². The largest absolute Gasteiger partial charge is 0.342 e. The van der Waals surface area contributed by atoms with Gasteiger partial charge in [-0.2, -0.15) is 15.0 Å². The van der Waals surface area contributed by atoms with E-state index in [1.165, 1.54) is 12.1 Å². The summed E-state index contributed by atoms with van der Waals surface area (Å²) in [4.78, 5) is 16.2. The molecule has 2 aromatic carbocycles. The van der Waals surface area contributed by atoms with Crippen molar-refractivity contribution in [1.29, 1.82) is 0 Å². The summed E-state index contributed by atoms with van der Waals surface area (Å²) in [5.41, 5.74) is 1.73. The first-order valence-corrected chi connectivity index (χ1v) is 11.5. The van der Waals surface area contributed by atoms with Gasteiger partial charge in [0, 0.05) is 29.7 Å². The average molecular weight is 480 g/mol. The van der Waals surface area contributed by atoms with E-state index in [1.54, 1.807) is 29.3 Å². The van der Waals surface area contributed by atoms with Crippen LogP contribution < -0.4 is 0 Å². The summed E-state index contributed by atoms with van der Waals surface area (Å²) < 4.78 is 15.2. The molecule has 0 aliphatic carbocycles. The molecule has 1 fully saturated rings. The standard InChI is InChI=1S/C24H23ClFN7O/c25-19-3-7-21(8-4-19)33-22(16-32-27-11-12-28-32)29-30-24(33)18-9-13-31(14-10-18)23(34)15-17-1-5-20(26)6-2-17/h1-8,11-12,18H,9-10,13-16H2. The maximum absolute atomic E-state index is 13.1. The molecule has 0 radical (unpaired) electrons. The van der Waals surface area contributed by atoms with Crippen LogP contribution in [0.15, 0.2) is 60.9 Å². The van der Waals surface area contributed by atoms with Gasteiger partial charge in [0.15, 0.2) is 5.82 Å². The number of aromatic nitrogens is 6. The van der Waals surface area contributed by atoms with Gasteiger partial charge in [-0.25, -0.2) is 4.39 Å². The van der Waals surface area contributed by atoms with Crippen molar-refractivity contribution >= 4 is 17.5 Å². The summed E-state index contributed by atoms with van der Waals surface area (Å²) >= 11 is 6.11. The fraction of sp³-hybridized carbons (Fsp3) is 0.292. The van der Waals surface area contributed by atoms with Gasteiger partial charge in [0.05, 0.1) is 18.8 Å². The van der Waals surface area contributed by atoms with Crippen LogP contribution in [0.1, 0.15) is 36.0 Å². The molecule has 8 nitrogen and oxygen atoms in total. The van der Waals surface area contributed by atoms with Crippen LogP contribution in [0, 0.1) is 5.82 Å². The number of carbonyl (C=O) groups is 1. The van der Waals surface area contributed by atoms with Crippen molar-refractivity contribution in [2.24, 2.45) is 0 Å². The van der Waals surface area contributed by atoms with Crippen LogP contribution in [0.25, 0.3) is 5.69 Å². The van der Waals surface area contributed by atoms with Gasteiger partial charge in [0.25, 0.3) is 0 Å². The zero-order chi connectivity index (χ0) is 23.5. The third-order valence-corrected chi connectivity index (χ3v) is 6.32. The second-order valence-corrected chi connectivity index (χ2v) is 8.74. The molecule has 174 valence electrons. The minimum atomic E-state index is -0.301. The highest BCUT2D eigenvalue weighted by molar-refractivity contribution is 6.30. The first-order chi connectivity index (χ1) is 16.6. The summed E-state index contributed by atoms with van der Waals surface area (Å²) in [7, 11) is 0. The monoisotopic (exact) mass is 479 g/mol. The number of halogens is 2. The topological polar surface area (TPSA) is 81.7 Å². The van der Waals surface area contributed by atoms with E-state index in [9.17, 15) is 9.18 Å². The Hall–Kier alpha value is -3.59. The molecule has 34 heavy (non-hydrogen) atoms. The Kier molecular flexibility index (Phi) is 6.35. The van der Waals surface area contributed by atoms with Crippen molar-refractivity contribution in [3.63, 3.8) is 0 Å². The van der Waals surface area contributed by atoms with E-state index < -0.39 is 0 Å². The first kappa shape index (κ1) is 22.2. The number of hydrogen-bond acceptors (Lipinski definition) is 5. The Morgan fingerprint density at radius 2 is 1.65 bits per heavy atom. The second-order valence-electron chi connectivity index (χ2n) is 8.30. The number of amides is 1. The van der Waals surface area contributed by atoms with Crippen molar-refractivity contribution in [2.45, 2.75) is 31.7 Å². The average Bonchev–Trinajstić information content (AvgIpc) is 3.52. The van der Waals surface area contributed by atoms with E-state index in [2.05, 4.69) is 20.4 Å². The Bertz CT molecular complexity index is 1250. The normalized spacial score (nSPS) is 14.5. The second kappa shape index (κ2) is 9.72. The lowest BCUT2D eigenvalue weighted by Gasteiger charge is -2.32. The summed E-state index contributed by atoms with van der Waals surface area (Å²) in [5, 5.41) is 18.0. The molecule has 1 aliphatic rings. The summed E-state index contributed by atoms with van der Waals surface area (Å²) in [6.07, 6.45) is 5.08. The highest BCUT2D eigenvalue weighted by Crippen LogP contribution is 2.30. The molecule has 0 atom stereocenters. The highest BCUT2D eigenvalue weighted by Gasteiger charge is 2.29. The van der Waals surface area contributed by atoms with E-state index in [1.807, 2.05) is 33.7 Å². The van der Waals surface area contributed by atoms with Gasteiger partial charge in [-0.15, -0.1) is 10.2 Å². The molecule has 5 rings (SSSR count). The lowest BCUT2D eigenvalue weighted by molar-refractivity contribution is -0.131. The Labute approximate surface area is 201 Å². The van der Waals surface area contributed by atoms with Gasteiger partial charge in [-0.05, 0) is 54.8 Å². The first-order valence-electron chi connectivity index (χ1n) is 11.1. The molecule has 1 saturated heterocycles. The predicted octanol–water partition coefficient (Wildman–Crippen LogP) is 3.65. The number of piperidine rings is 1. The van der Waals surface area contributed by atoms with Crippen LogP contribution in [0.4, 0.5) is 4.39 Å². The highest BCUT2D eigenvalue weighted by atomic mass is 35.5. The smallest absolute Gasteiger partial charge is 0.226 e. The van der Waals surface area contributed by atoms with E-state index in [4.69, 9.17) is 11.6 Å². The molecule has 0 bridgehead atoms. The third kappa shape index (κ3) is 4.84. The van der Waals surface area contributed by atoms with E-state index in [0.29, 0.717) is 24.7 Å². The van der Waals surface area contributed by atoms with E-state index in [-0.39, 0.29) is 24.1 Å².